The van der Waals surface area contributed by atoms with Crippen LogP contribution in [0.15, 0.2) is 54.7 Å². The summed E-state index contributed by atoms with van der Waals surface area (Å²) in [6.45, 7) is 4.04. The molecular weight excluding hydrogens is 258 g/mol. The van der Waals surface area contributed by atoms with Crippen molar-refractivity contribution in [2.75, 3.05) is 0 Å². The normalized spacial score (nSPS) is 10.8. The molecule has 3 aromatic rings. The Morgan fingerprint density at radius 3 is 2.48 bits per heavy atom. The molecule has 0 saturated heterocycles. The molecule has 0 amide bonds. The third-order valence-corrected chi connectivity index (χ3v) is 3.63. The first-order chi connectivity index (χ1) is 10.1. The Kier molecular flexibility index (Phi) is 3.53. The van der Waals surface area contributed by atoms with Gasteiger partial charge in [-0.15, -0.1) is 0 Å². The van der Waals surface area contributed by atoms with Gasteiger partial charge in [0.05, 0.1) is 5.52 Å². The molecule has 0 spiro atoms. The second-order valence-corrected chi connectivity index (χ2v) is 5.46. The summed E-state index contributed by atoms with van der Waals surface area (Å²) >= 11 is 0. The molecule has 0 unspecified atom stereocenters. The number of pyridine rings is 1. The zero-order valence-corrected chi connectivity index (χ0v) is 12.3. The SMILES string of the molecule is Cc1cc(C)cc(C(=O)Cc2ccnc3ccccc23)c1. The van der Waals surface area contributed by atoms with Crippen LogP contribution < -0.4 is 0 Å². The second kappa shape index (κ2) is 5.49. The van der Waals surface area contributed by atoms with Gasteiger partial charge in [0, 0.05) is 23.6 Å². The Morgan fingerprint density at radius 2 is 1.71 bits per heavy atom. The van der Waals surface area contributed by atoms with Crippen LogP contribution in [-0.2, 0) is 6.42 Å². The van der Waals surface area contributed by atoms with E-state index in [1.54, 1.807) is 6.20 Å². The van der Waals surface area contributed by atoms with Gasteiger partial charge in [0.15, 0.2) is 5.78 Å². The number of aromatic nitrogens is 1. The lowest BCUT2D eigenvalue weighted by Gasteiger charge is -2.07. The van der Waals surface area contributed by atoms with Crippen LogP contribution >= 0.6 is 0 Å². The Bertz CT molecular complexity index is 795. The van der Waals surface area contributed by atoms with E-state index in [2.05, 4.69) is 11.1 Å². The molecule has 0 bridgehead atoms. The van der Waals surface area contributed by atoms with Gasteiger partial charge in [0.1, 0.15) is 0 Å². The molecule has 3 rings (SSSR count). The minimum atomic E-state index is 0.151. The number of nitrogens with zero attached hydrogens (tertiary/aromatic N) is 1. The molecule has 0 fully saturated rings. The average Bonchev–Trinajstić information content (AvgIpc) is 2.46. The van der Waals surface area contributed by atoms with E-state index < -0.39 is 0 Å². The summed E-state index contributed by atoms with van der Waals surface area (Å²) in [4.78, 5) is 16.9. The number of fused-ring (bicyclic) bond motifs is 1. The van der Waals surface area contributed by atoms with Crippen molar-refractivity contribution >= 4 is 16.7 Å². The molecule has 0 saturated carbocycles. The summed E-state index contributed by atoms with van der Waals surface area (Å²) in [6.07, 6.45) is 2.18. The zero-order chi connectivity index (χ0) is 14.8. The highest BCUT2D eigenvalue weighted by Gasteiger charge is 2.10. The molecule has 21 heavy (non-hydrogen) atoms. The Hall–Kier alpha value is -2.48. The highest BCUT2D eigenvalue weighted by atomic mass is 16.1. The quantitative estimate of drug-likeness (QED) is 0.668. The van der Waals surface area contributed by atoms with Gasteiger partial charge in [-0.1, -0.05) is 35.4 Å². The molecule has 2 nitrogen and oxygen atoms in total. The van der Waals surface area contributed by atoms with Crippen LogP contribution in [0.25, 0.3) is 10.9 Å². The predicted octanol–water partition coefficient (Wildman–Crippen LogP) is 4.28. The Labute approximate surface area is 124 Å². The molecule has 2 heteroatoms. The van der Waals surface area contributed by atoms with Gasteiger partial charge in [0.2, 0.25) is 0 Å². The summed E-state index contributed by atoms with van der Waals surface area (Å²) in [6, 6.07) is 15.9. The van der Waals surface area contributed by atoms with E-state index in [1.165, 1.54) is 0 Å². The molecule has 104 valence electrons. The topological polar surface area (TPSA) is 30.0 Å². The molecule has 0 aliphatic carbocycles. The number of hydrogen-bond acceptors (Lipinski definition) is 2. The highest BCUT2D eigenvalue weighted by molar-refractivity contribution is 6.00. The smallest absolute Gasteiger partial charge is 0.167 e. The minimum absolute atomic E-state index is 0.151. The monoisotopic (exact) mass is 275 g/mol. The maximum absolute atomic E-state index is 12.5. The van der Waals surface area contributed by atoms with E-state index in [1.807, 2.05) is 56.3 Å². The summed E-state index contributed by atoms with van der Waals surface area (Å²) in [5, 5.41) is 1.05. The van der Waals surface area contributed by atoms with Crippen LogP contribution in [0.2, 0.25) is 0 Å². The average molecular weight is 275 g/mol. The molecule has 1 heterocycles. The maximum Gasteiger partial charge on any atom is 0.167 e. The van der Waals surface area contributed by atoms with Crippen LogP contribution in [0.1, 0.15) is 27.0 Å². The number of ketones is 1. The third kappa shape index (κ3) is 2.84. The highest BCUT2D eigenvalue weighted by Crippen LogP contribution is 2.19. The van der Waals surface area contributed by atoms with Gasteiger partial charge < -0.3 is 0 Å². The van der Waals surface area contributed by atoms with Crippen molar-refractivity contribution in [3.05, 3.63) is 77.0 Å². The third-order valence-electron chi connectivity index (χ3n) is 3.63. The summed E-state index contributed by atoms with van der Waals surface area (Å²) in [5.41, 5.74) is 5.00. The van der Waals surface area contributed by atoms with Gasteiger partial charge in [-0.05, 0) is 43.7 Å². The van der Waals surface area contributed by atoms with Crippen LogP contribution in [0, 0.1) is 13.8 Å². The lowest BCUT2D eigenvalue weighted by Crippen LogP contribution is -2.05. The van der Waals surface area contributed by atoms with Crippen molar-refractivity contribution in [1.82, 2.24) is 4.98 Å². The van der Waals surface area contributed by atoms with Crippen LogP contribution in [0.3, 0.4) is 0 Å². The van der Waals surface area contributed by atoms with Gasteiger partial charge >= 0.3 is 0 Å². The van der Waals surface area contributed by atoms with E-state index >= 15 is 0 Å². The number of carbonyl (C=O) groups is 1. The Morgan fingerprint density at radius 1 is 1.00 bits per heavy atom. The summed E-state index contributed by atoms with van der Waals surface area (Å²) < 4.78 is 0. The van der Waals surface area contributed by atoms with Gasteiger partial charge in [-0.2, -0.15) is 0 Å². The first kappa shape index (κ1) is 13.5. The predicted molar refractivity (Wildman–Crippen MR) is 85.7 cm³/mol. The van der Waals surface area contributed by atoms with E-state index in [0.29, 0.717) is 6.42 Å². The lowest BCUT2D eigenvalue weighted by atomic mass is 9.98. The first-order valence-corrected chi connectivity index (χ1v) is 7.07. The maximum atomic E-state index is 12.5. The summed E-state index contributed by atoms with van der Waals surface area (Å²) in [5.74, 6) is 0.151. The Balaban J connectivity index is 1.96. The van der Waals surface area contributed by atoms with Crippen molar-refractivity contribution < 1.29 is 4.79 Å². The molecule has 0 N–H and O–H groups in total. The van der Waals surface area contributed by atoms with Crippen molar-refractivity contribution in [2.45, 2.75) is 20.3 Å². The van der Waals surface area contributed by atoms with E-state index in [4.69, 9.17) is 0 Å². The largest absolute Gasteiger partial charge is 0.294 e. The van der Waals surface area contributed by atoms with Crippen LogP contribution in [0.4, 0.5) is 0 Å². The van der Waals surface area contributed by atoms with Crippen molar-refractivity contribution in [3.8, 4) is 0 Å². The zero-order valence-electron chi connectivity index (χ0n) is 12.3. The number of rotatable bonds is 3. The molecule has 2 aromatic carbocycles. The van der Waals surface area contributed by atoms with Gasteiger partial charge in [-0.25, -0.2) is 0 Å². The number of hydrogen-bond donors (Lipinski definition) is 0. The molecule has 1 aromatic heterocycles. The van der Waals surface area contributed by atoms with Crippen LogP contribution in [0.5, 0.6) is 0 Å². The second-order valence-electron chi connectivity index (χ2n) is 5.46. The summed E-state index contributed by atoms with van der Waals surface area (Å²) in [7, 11) is 0. The van der Waals surface area contributed by atoms with Gasteiger partial charge in [-0.3, -0.25) is 9.78 Å². The number of benzene rings is 2. The van der Waals surface area contributed by atoms with Crippen molar-refractivity contribution in [1.29, 1.82) is 0 Å². The standard InChI is InChI=1S/C19H17NO/c1-13-9-14(2)11-16(10-13)19(21)12-15-7-8-20-18-6-4-3-5-17(15)18/h3-11H,12H2,1-2H3. The van der Waals surface area contributed by atoms with E-state index in [-0.39, 0.29) is 5.78 Å². The molecule has 0 radical (unpaired) electrons. The lowest BCUT2D eigenvalue weighted by molar-refractivity contribution is 0.0993. The number of para-hydroxylation sites is 1. The van der Waals surface area contributed by atoms with E-state index in [9.17, 15) is 4.79 Å². The molecule has 0 atom stereocenters. The molecular formula is C19H17NO. The molecule has 0 aliphatic rings. The fourth-order valence-corrected chi connectivity index (χ4v) is 2.72. The van der Waals surface area contributed by atoms with Crippen molar-refractivity contribution in [2.24, 2.45) is 0 Å². The first-order valence-electron chi connectivity index (χ1n) is 7.07. The fourth-order valence-electron chi connectivity index (χ4n) is 2.72. The number of carbonyl (C=O) groups excluding carboxylic acids is 1. The van der Waals surface area contributed by atoms with Gasteiger partial charge in [0.25, 0.3) is 0 Å². The van der Waals surface area contributed by atoms with Crippen LogP contribution in [-0.4, -0.2) is 10.8 Å². The number of aryl methyl sites for hydroxylation is 2. The molecule has 0 aliphatic heterocycles. The minimum Gasteiger partial charge on any atom is -0.294 e. The van der Waals surface area contributed by atoms with E-state index in [0.717, 1.165) is 33.2 Å². The number of Topliss-reactive ketones (excluding diaryl/α,β-unsaturated/α-hetero) is 1. The fraction of sp³-hybridized carbons (Fsp3) is 0.158. The van der Waals surface area contributed by atoms with Crippen molar-refractivity contribution in [3.63, 3.8) is 0 Å².